The minimum atomic E-state index is -1.11. The van der Waals surface area contributed by atoms with Gasteiger partial charge in [-0.05, 0) is 35.2 Å². The van der Waals surface area contributed by atoms with Crippen molar-refractivity contribution in [2.75, 3.05) is 13.1 Å². The van der Waals surface area contributed by atoms with Gasteiger partial charge in [0, 0.05) is 13.1 Å². The Balaban J connectivity index is 1.51. The largest absolute Gasteiger partial charge is 0.445 e. The van der Waals surface area contributed by atoms with Crippen molar-refractivity contribution >= 4 is 6.09 Å². The summed E-state index contributed by atoms with van der Waals surface area (Å²) in [5.74, 6) is 0. The molecule has 26 heavy (non-hydrogen) atoms. The molecular formula is C20H24N2O4. The van der Waals surface area contributed by atoms with Gasteiger partial charge in [-0.2, -0.15) is 0 Å². The summed E-state index contributed by atoms with van der Waals surface area (Å²) >= 11 is 0. The number of aliphatic hydroxyl groups excluding tert-OH is 2. The third-order valence-electron chi connectivity index (χ3n) is 4.53. The van der Waals surface area contributed by atoms with Gasteiger partial charge in [0.05, 0.1) is 0 Å². The number of amides is 1. The molecule has 1 aliphatic rings. The molecule has 0 saturated carbocycles. The molecule has 2 atom stereocenters. The average molecular weight is 356 g/mol. The number of hydrogen-bond donors (Lipinski definition) is 4. The Morgan fingerprint density at radius 1 is 1.15 bits per heavy atom. The van der Waals surface area contributed by atoms with Crippen molar-refractivity contribution in [2.45, 2.75) is 31.8 Å². The van der Waals surface area contributed by atoms with Crippen LogP contribution in [-0.2, 0) is 24.3 Å². The van der Waals surface area contributed by atoms with Crippen LogP contribution in [0.3, 0.4) is 0 Å². The number of nitrogens with one attached hydrogen (secondary N) is 2. The highest BCUT2D eigenvalue weighted by Gasteiger charge is 2.24. The van der Waals surface area contributed by atoms with Crippen LogP contribution in [0.4, 0.5) is 4.79 Å². The first-order valence-corrected chi connectivity index (χ1v) is 8.77. The summed E-state index contributed by atoms with van der Waals surface area (Å²) in [6.45, 7) is 1.67. The third kappa shape index (κ3) is 4.60. The van der Waals surface area contributed by atoms with Crippen molar-refractivity contribution in [1.82, 2.24) is 10.6 Å². The lowest BCUT2D eigenvalue weighted by molar-refractivity contribution is 0.0178. The lowest BCUT2D eigenvalue weighted by Gasteiger charge is -2.25. The van der Waals surface area contributed by atoms with Crippen LogP contribution in [0.1, 0.15) is 28.4 Å². The summed E-state index contributed by atoms with van der Waals surface area (Å²) in [7, 11) is 0. The third-order valence-corrected chi connectivity index (χ3v) is 4.53. The van der Waals surface area contributed by atoms with Gasteiger partial charge in [0.25, 0.3) is 0 Å². The highest BCUT2D eigenvalue weighted by Crippen LogP contribution is 2.26. The lowest BCUT2D eigenvalue weighted by Crippen LogP contribution is -2.36. The zero-order chi connectivity index (χ0) is 18.4. The fraction of sp³-hybridized carbons (Fsp3) is 0.350. The Morgan fingerprint density at radius 2 is 1.96 bits per heavy atom. The molecule has 0 radical (unpaired) electrons. The van der Waals surface area contributed by atoms with E-state index in [1.165, 1.54) is 0 Å². The van der Waals surface area contributed by atoms with Crippen LogP contribution >= 0.6 is 0 Å². The van der Waals surface area contributed by atoms with Crippen LogP contribution in [0.15, 0.2) is 48.5 Å². The highest BCUT2D eigenvalue weighted by molar-refractivity contribution is 5.67. The second-order valence-corrected chi connectivity index (χ2v) is 6.37. The van der Waals surface area contributed by atoms with E-state index in [-0.39, 0.29) is 13.2 Å². The van der Waals surface area contributed by atoms with Crippen molar-refractivity contribution in [3.05, 3.63) is 70.8 Å². The minimum absolute atomic E-state index is 0.0866. The molecule has 1 amide bonds. The molecule has 6 heteroatoms. The van der Waals surface area contributed by atoms with Crippen molar-refractivity contribution in [2.24, 2.45) is 0 Å². The van der Waals surface area contributed by atoms with Gasteiger partial charge >= 0.3 is 6.09 Å². The highest BCUT2D eigenvalue weighted by atomic mass is 16.5. The van der Waals surface area contributed by atoms with Crippen LogP contribution < -0.4 is 10.6 Å². The molecule has 4 N–H and O–H groups in total. The van der Waals surface area contributed by atoms with Gasteiger partial charge in [0.2, 0.25) is 0 Å². The Morgan fingerprint density at radius 3 is 2.77 bits per heavy atom. The fourth-order valence-electron chi connectivity index (χ4n) is 3.12. The van der Waals surface area contributed by atoms with Gasteiger partial charge in [0.15, 0.2) is 0 Å². The van der Waals surface area contributed by atoms with Gasteiger partial charge in [-0.3, -0.25) is 0 Å². The lowest BCUT2D eigenvalue weighted by atomic mass is 9.91. The minimum Gasteiger partial charge on any atom is -0.445 e. The quantitative estimate of drug-likeness (QED) is 0.632. The molecule has 0 bridgehead atoms. The van der Waals surface area contributed by atoms with Crippen molar-refractivity contribution < 1.29 is 19.7 Å². The van der Waals surface area contributed by atoms with Gasteiger partial charge in [-0.1, -0.05) is 48.5 Å². The molecule has 2 unspecified atom stereocenters. The molecule has 0 saturated heterocycles. The Bertz CT molecular complexity index is 736. The van der Waals surface area contributed by atoms with Crippen LogP contribution in [0.2, 0.25) is 0 Å². The van der Waals surface area contributed by atoms with Crippen LogP contribution in [0, 0.1) is 0 Å². The number of aliphatic hydroxyl groups is 2. The summed E-state index contributed by atoms with van der Waals surface area (Å²) in [6, 6.07) is 15.1. The van der Waals surface area contributed by atoms with Crippen molar-refractivity contribution in [3.63, 3.8) is 0 Å². The molecular weight excluding hydrogens is 332 g/mol. The Hall–Kier alpha value is -2.41. The number of benzene rings is 2. The summed E-state index contributed by atoms with van der Waals surface area (Å²) in [6.07, 6.45) is -1.99. The zero-order valence-corrected chi connectivity index (χ0v) is 14.5. The maximum absolute atomic E-state index is 11.8. The van der Waals surface area contributed by atoms with E-state index < -0.39 is 18.3 Å². The van der Waals surface area contributed by atoms with E-state index in [1.54, 1.807) is 0 Å². The summed E-state index contributed by atoms with van der Waals surface area (Å²) in [5.41, 5.74) is 3.81. The molecule has 0 aliphatic carbocycles. The predicted molar refractivity (Wildman–Crippen MR) is 97.4 cm³/mol. The zero-order valence-electron chi connectivity index (χ0n) is 14.5. The molecule has 6 nitrogen and oxygen atoms in total. The van der Waals surface area contributed by atoms with Crippen molar-refractivity contribution in [1.29, 1.82) is 0 Å². The second-order valence-electron chi connectivity index (χ2n) is 6.37. The van der Waals surface area contributed by atoms with E-state index in [2.05, 4.69) is 10.6 Å². The maximum atomic E-state index is 11.8. The normalized spacial score (nSPS) is 15.6. The first kappa shape index (κ1) is 18.4. The SMILES string of the molecule is O=C(NCC(O)C(O)c1cccc2c1CCNC2)OCc1ccccc1. The van der Waals surface area contributed by atoms with E-state index in [1.807, 2.05) is 48.5 Å². The van der Waals surface area contributed by atoms with Crippen LogP contribution in [-0.4, -0.2) is 35.5 Å². The molecule has 3 rings (SSSR count). The molecule has 138 valence electrons. The second kappa shape index (κ2) is 8.80. The number of alkyl carbamates (subject to hydrolysis) is 1. The summed E-state index contributed by atoms with van der Waals surface area (Å²) in [4.78, 5) is 11.8. The number of carbonyl (C=O) groups excluding carboxylic acids is 1. The average Bonchev–Trinajstić information content (AvgIpc) is 2.70. The summed E-state index contributed by atoms with van der Waals surface area (Å²) < 4.78 is 5.10. The number of carbonyl (C=O) groups is 1. The molecule has 2 aromatic carbocycles. The van der Waals surface area contributed by atoms with Crippen LogP contribution in [0.5, 0.6) is 0 Å². The van der Waals surface area contributed by atoms with Gasteiger partial charge in [-0.15, -0.1) is 0 Å². The predicted octanol–water partition coefficient (Wildman–Crippen LogP) is 1.65. The number of ether oxygens (including phenoxy) is 1. The first-order valence-electron chi connectivity index (χ1n) is 8.77. The van der Waals surface area contributed by atoms with E-state index >= 15 is 0 Å². The number of rotatable bonds is 6. The van der Waals surface area contributed by atoms with Gasteiger partial charge in [-0.25, -0.2) is 4.79 Å². The van der Waals surface area contributed by atoms with Gasteiger partial charge < -0.3 is 25.6 Å². The van der Waals surface area contributed by atoms with Crippen LogP contribution in [0.25, 0.3) is 0 Å². The molecule has 0 aromatic heterocycles. The Labute approximate surface area is 152 Å². The maximum Gasteiger partial charge on any atom is 0.407 e. The smallest absolute Gasteiger partial charge is 0.407 e. The summed E-state index contributed by atoms with van der Waals surface area (Å²) in [5, 5.41) is 26.6. The monoisotopic (exact) mass is 356 g/mol. The Kier molecular flexibility index (Phi) is 6.22. The topological polar surface area (TPSA) is 90.8 Å². The number of hydrogen-bond acceptors (Lipinski definition) is 5. The van der Waals surface area contributed by atoms with E-state index in [9.17, 15) is 15.0 Å². The first-order chi connectivity index (χ1) is 12.6. The molecule has 1 aliphatic heterocycles. The van der Waals surface area contributed by atoms with E-state index in [0.29, 0.717) is 0 Å². The standard InChI is InChI=1S/C20H24N2O4/c23-18(12-22-20(25)26-13-14-5-2-1-3-6-14)19(24)17-8-4-7-15-11-21-10-9-16(15)17/h1-8,18-19,21,23-24H,9-13H2,(H,22,25). The van der Waals surface area contributed by atoms with E-state index in [4.69, 9.17) is 4.74 Å². The molecule has 1 heterocycles. The number of fused-ring (bicyclic) bond motifs is 1. The van der Waals surface area contributed by atoms with Crippen molar-refractivity contribution in [3.8, 4) is 0 Å². The van der Waals surface area contributed by atoms with Gasteiger partial charge in [0.1, 0.15) is 18.8 Å². The fourth-order valence-corrected chi connectivity index (χ4v) is 3.12. The molecule has 0 spiro atoms. The molecule has 2 aromatic rings. The van der Waals surface area contributed by atoms with E-state index in [0.717, 1.165) is 41.8 Å². The molecule has 0 fully saturated rings.